The summed E-state index contributed by atoms with van der Waals surface area (Å²) in [7, 11) is 2.20. The van der Waals surface area contributed by atoms with Crippen molar-refractivity contribution in [1.82, 2.24) is 9.47 Å². The predicted octanol–water partition coefficient (Wildman–Crippen LogP) is 9.65. The van der Waals surface area contributed by atoms with Gasteiger partial charge in [0.15, 0.2) is 0 Å². The Morgan fingerprint density at radius 2 is 1.69 bits per heavy atom. The predicted molar refractivity (Wildman–Crippen MR) is 273 cm³/mol. The Bertz CT molecular complexity index is 2830. The molecule has 16 heteroatoms. The van der Waals surface area contributed by atoms with Crippen LogP contribution in [0.3, 0.4) is 0 Å². The smallest absolute Gasteiger partial charge is 0.349 e. The van der Waals surface area contributed by atoms with E-state index in [9.17, 15) is 28.4 Å². The lowest BCUT2D eigenvalue weighted by atomic mass is 9.44. The highest BCUT2D eigenvalue weighted by atomic mass is 35.5. The first-order valence-electron chi connectivity index (χ1n) is 26.2. The molecule has 1 aromatic heterocycles. The minimum atomic E-state index is -1.29. The molecule has 4 bridgehead atoms. The number of ether oxygens (including phenoxy) is 3. The standard InChI is InChI=1S/C56H67ClF2N4O8S/c1-7-53(4)24-43(70-44(65)27-72-33-20-31-12-13-32(21-33)61(31)6)54(5)29(2)14-16-56(17-15-40(64)49(54)56)30(3)50(53)71-51(67)34-10-8-9-11-41(34)69-52(68)36-25-63(39-23-37(39)58)46-35(48(36)66)22-38(59)47(45(46)57)62-26-42(60)55(28-62)18-19-55/h7-11,22,25,29-33,37,39,42-43,49-50H,1,12-21,23-24,26-28,60H2,2-6H3/t29?,30-,31?,32?,33?,37+,39?,42-,43+,49?,50?,53+,54-,56?/m1/s1. The van der Waals surface area contributed by atoms with Gasteiger partial charge < -0.3 is 34.3 Å². The van der Waals surface area contributed by atoms with Gasteiger partial charge in [0.1, 0.15) is 46.9 Å². The highest BCUT2D eigenvalue weighted by Crippen LogP contribution is 2.68. The van der Waals surface area contributed by atoms with Gasteiger partial charge in [-0.25, -0.2) is 18.4 Å². The summed E-state index contributed by atoms with van der Waals surface area (Å²) in [4.78, 5) is 76.2. The third-order valence-electron chi connectivity index (χ3n) is 19.9. The van der Waals surface area contributed by atoms with E-state index >= 15 is 4.39 Å². The number of benzene rings is 2. The SMILES string of the molecule is C=C[C@@]1(C)C[C@H](OC(=O)CSC2CC3CCC(C2)N3C)[C@@]2(C)C(C)CCC3(CCC(=O)C32)[C@H](C)C1OC(=O)c1ccccc1OC(=O)c1cn(C2C[C@@H]2F)c2c(Cl)c(N3C[C@@H](N)C4(CC4)C3)c(F)cc2c1=O. The molecular weight excluding hydrogens is 962 g/mol. The highest BCUT2D eigenvalue weighted by molar-refractivity contribution is 8.00. The molecule has 0 amide bonds. The number of carbonyl (C=O) groups excluding carboxylic acids is 4. The first kappa shape index (κ1) is 49.9. The third-order valence-corrected chi connectivity index (χ3v) is 21.5. The first-order valence-corrected chi connectivity index (χ1v) is 27.6. The second-order valence-electron chi connectivity index (χ2n) is 23.7. The molecule has 1 spiro atoms. The van der Waals surface area contributed by atoms with Gasteiger partial charge in [0.05, 0.1) is 33.4 Å². The molecule has 7 unspecified atom stereocenters. The van der Waals surface area contributed by atoms with E-state index in [1.54, 1.807) is 34.9 Å². The molecule has 2 aromatic carbocycles. The number of esters is 3. The van der Waals surface area contributed by atoms with Gasteiger partial charge in [-0.05, 0) is 101 Å². The zero-order valence-corrected chi connectivity index (χ0v) is 43.5. The minimum absolute atomic E-state index is 0.0571. The molecule has 3 aromatic rings. The Balaban J connectivity index is 0.882. The molecule has 386 valence electrons. The molecule has 0 radical (unpaired) electrons. The van der Waals surface area contributed by atoms with E-state index in [1.807, 2.05) is 6.92 Å². The average Bonchev–Trinajstić information content (AvgIpc) is 4.22. The molecule has 11 rings (SSSR count). The molecular formula is C56H67ClF2N4O8S. The van der Waals surface area contributed by atoms with Gasteiger partial charge in [-0.3, -0.25) is 14.4 Å². The van der Waals surface area contributed by atoms with Crippen LogP contribution >= 0.6 is 23.4 Å². The van der Waals surface area contributed by atoms with Crippen LogP contribution in [0.4, 0.5) is 14.5 Å². The van der Waals surface area contributed by atoms with Crippen molar-refractivity contribution in [3.8, 4) is 5.75 Å². The molecule has 5 aliphatic carbocycles. The minimum Gasteiger partial charge on any atom is -0.461 e. The van der Waals surface area contributed by atoms with Gasteiger partial charge in [0.25, 0.3) is 0 Å². The largest absolute Gasteiger partial charge is 0.461 e. The molecule has 72 heavy (non-hydrogen) atoms. The van der Waals surface area contributed by atoms with Crippen LogP contribution in [0.15, 0.2) is 54.0 Å². The van der Waals surface area contributed by atoms with Crippen molar-refractivity contribution in [1.29, 1.82) is 0 Å². The fourth-order valence-electron chi connectivity index (χ4n) is 15.1. The van der Waals surface area contributed by atoms with Gasteiger partial charge in [0.2, 0.25) is 5.43 Å². The van der Waals surface area contributed by atoms with Crippen LogP contribution in [0.5, 0.6) is 5.75 Å². The van der Waals surface area contributed by atoms with Crippen LogP contribution in [0.2, 0.25) is 5.02 Å². The number of anilines is 1. The Labute approximate surface area is 429 Å². The summed E-state index contributed by atoms with van der Waals surface area (Å²) in [6.07, 6.45) is 9.30. The number of thioether (sulfide) groups is 1. The van der Waals surface area contributed by atoms with Crippen LogP contribution in [0.25, 0.3) is 10.9 Å². The maximum atomic E-state index is 16.2. The monoisotopic (exact) mass is 1030 g/mol. The molecule has 4 heterocycles. The molecule has 5 saturated carbocycles. The van der Waals surface area contributed by atoms with E-state index in [2.05, 4.69) is 39.3 Å². The number of hydrogen-bond acceptors (Lipinski definition) is 12. The number of pyridine rings is 1. The fourth-order valence-corrected chi connectivity index (χ4v) is 16.6. The number of piperidine rings is 1. The Morgan fingerprint density at radius 1 is 0.986 bits per heavy atom. The lowest BCUT2D eigenvalue weighted by molar-refractivity contribution is -0.205. The van der Waals surface area contributed by atoms with E-state index < -0.39 is 75.3 Å². The number of aromatic nitrogens is 1. The van der Waals surface area contributed by atoms with Crippen molar-refractivity contribution < 1.29 is 42.2 Å². The van der Waals surface area contributed by atoms with Gasteiger partial charge in [-0.15, -0.1) is 18.3 Å². The molecule has 12 nitrogen and oxygen atoms in total. The number of halogens is 3. The van der Waals surface area contributed by atoms with Crippen molar-refractivity contribution in [2.75, 3.05) is 30.8 Å². The topological polar surface area (TPSA) is 150 Å². The number of nitrogens with zero attached hydrogens (tertiary/aromatic N) is 3. The van der Waals surface area contributed by atoms with Crippen molar-refractivity contribution in [2.24, 2.45) is 45.1 Å². The fraction of sp³-hybridized carbons (Fsp3) is 0.625. The second kappa shape index (κ2) is 17.9. The maximum absolute atomic E-state index is 16.2. The number of alkyl halides is 1. The molecule has 3 saturated heterocycles. The van der Waals surface area contributed by atoms with E-state index in [-0.39, 0.29) is 86.6 Å². The number of nitrogens with two attached hydrogens (primary N) is 1. The number of hydrogen-bond donors (Lipinski definition) is 1. The van der Waals surface area contributed by atoms with Crippen LogP contribution in [0, 0.1) is 45.2 Å². The summed E-state index contributed by atoms with van der Waals surface area (Å²) in [5.74, 6) is -3.61. The average molecular weight is 1030 g/mol. The molecule has 8 fully saturated rings. The number of para-hydroxylation sites is 1. The number of Topliss-reactive ketones (excluding diaryl/α,β-unsaturated/α-hetero) is 1. The lowest BCUT2D eigenvalue weighted by Gasteiger charge is -2.62. The maximum Gasteiger partial charge on any atom is 0.349 e. The van der Waals surface area contributed by atoms with E-state index in [1.165, 1.54) is 35.7 Å². The molecule has 2 N–H and O–H groups in total. The van der Waals surface area contributed by atoms with Gasteiger partial charge >= 0.3 is 17.9 Å². The first-order chi connectivity index (χ1) is 34.2. The summed E-state index contributed by atoms with van der Waals surface area (Å²) >= 11 is 8.66. The van der Waals surface area contributed by atoms with Crippen LogP contribution in [0.1, 0.15) is 132 Å². The van der Waals surface area contributed by atoms with Crippen molar-refractivity contribution in [3.05, 3.63) is 81.4 Å². The van der Waals surface area contributed by atoms with Crippen molar-refractivity contribution in [3.63, 3.8) is 0 Å². The van der Waals surface area contributed by atoms with Crippen LogP contribution in [-0.2, 0) is 19.1 Å². The summed E-state index contributed by atoms with van der Waals surface area (Å²) in [5.41, 5.74) is 2.85. The summed E-state index contributed by atoms with van der Waals surface area (Å²) < 4.78 is 51.9. The number of rotatable bonds is 11. The zero-order chi connectivity index (χ0) is 51.0. The highest BCUT2D eigenvalue weighted by Gasteiger charge is 2.69. The van der Waals surface area contributed by atoms with Crippen molar-refractivity contribution >= 4 is 63.6 Å². The normalized spacial score (nSPS) is 37.5. The van der Waals surface area contributed by atoms with E-state index in [0.29, 0.717) is 43.3 Å². The van der Waals surface area contributed by atoms with E-state index in [0.717, 1.165) is 44.6 Å². The lowest BCUT2D eigenvalue weighted by Crippen LogP contribution is -2.63. The molecule has 8 aliphatic rings. The number of carbonyl (C=O) groups is 4. The van der Waals surface area contributed by atoms with E-state index in [4.69, 9.17) is 31.5 Å². The van der Waals surface area contributed by atoms with Crippen LogP contribution < -0.4 is 20.8 Å². The van der Waals surface area contributed by atoms with Gasteiger partial charge in [0, 0.05) is 83.6 Å². The Morgan fingerprint density at radius 3 is 2.36 bits per heavy atom. The zero-order valence-electron chi connectivity index (χ0n) is 41.9. The summed E-state index contributed by atoms with van der Waals surface area (Å²) in [5, 5.41) is 0.0943. The molecule has 13 atom stereocenters. The Hall–Kier alpha value is -4.31. The second-order valence-corrected chi connectivity index (χ2v) is 25.3. The number of ketones is 1. The quantitative estimate of drug-likeness (QED) is 0.111. The van der Waals surface area contributed by atoms with Gasteiger partial charge in [-0.1, -0.05) is 57.5 Å². The summed E-state index contributed by atoms with van der Waals surface area (Å²) in [6, 6.07) is 7.24. The van der Waals surface area contributed by atoms with Gasteiger partial charge in [-0.2, -0.15) is 0 Å². The number of fused-ring (bicyclic) bond motifs is 3. The third kappa shape index (κ3) is 7.89. The van der Waals surface area contributed by atoms with Crippen molar-refractivity contribution in [2.45, 2.75) is 153 Å². The molecule has 3 aliphatic heterocycles. The summed E-state index contributed by atoms with van der Waals surface area (Å²) in [6.45, 7) is 13.5. The Kier molecular flexibility index (Phi) is 12.4. The van der Waals surface area contributed by atoms with Crippen LogP contribution in [-0.4, -0.2) is 101 Å².